The average Bonchev–Trinajstić information content (AvgIpc) is 2.85. The second-order valence-electron chi connectivity index (χ2n) is 5.49. The van der Waals surface area contributed by atoms with Crippen molar-refractivity contribution in [3.63, 3.8) is 0 Å². The Morgan fingerprint density at radius 3 is 2.67 bits per heavy atom. The molecule has 0 bridgehead atoms. The predicted molar refractivity (Wildman–Crippen MR) is 79.8 cm³/mol. The molecule has 0 aliphatic heterocycles. The quantitative estimate of drug-likeness (QED) is 0.766. The van der Waals surface area contributed by atoms with Crippen molar-refractivity contribution in [3.8, 4) is 0 Å². The molecule has 5 nitrogen and oxygen atoms in total. The molecule has 0 aliphatic rings. The van der Waals surface area contributed by atoms with Gasteiger partial charge in [-0.05, 0) is 24.8 Å². The zero-order valence-electron chi connectivity index (χ0n) is 12.7. The largest absolute Gasteiger partial charge is 0.456 e. The van der Waals surface area contributed by atoms with Gasteiger partial charge in [0.05, 0.1) is 5.69 Å². The Labute approximate surface area is 124 Å². The lowest BCUT2D eigenvalue weighted by Crippen LogP contribution is -2.09. The van der Waals surface area contributed by atoms with Crippen molar-refractivity contribution in [2.75, 3.05) is 0 Å². The maximum atomic E-state index is 12.1. The van der Waals surface area contributed by atoms with Gasteiger partial charge in [-0.15, -0.1) is 5.10 Å². The second kappa shape index (κ2) is 7.02. The summed E-state index contributed by atoms with van der Waals surface area (Å²) in [6.07, 6.45) is 1.00. The monoisotopic (exact) mass is 287 g/mol. The Morgan fingerprint density at radius 1 is 1.29 bits per heavy atom. The summed E-state index contributed by atoms with van der Waals surface area (Å²) in [6.45, 7) is 7.17. The van der Waals surface area contributed by atoms with Gasteiger partial charge < -0.3 is 4.74 Å². The molecule has 112 valence electrons. The van der Waals surface area contributed by atoms with Crippen molar-refractivity contribution in [1.82, 2.24) is 15.0 Å². The molecule has 0 fully saturated rings. The van der Waals surface area contributed by atoms with E-state index in [0.29, 0.717) is 11.6 Å². The SMILES string of the molecule is Cc1c(C(=O)OCc2ccccc2)nnn1CCC(C)C. The van der Waals surface area contributed by atoms with Gasteiger partial charge in [-0.25, -0.2) is 9.48 Å². The van der Waals surface area contributed by atoms with Gasteiger partial charge in [0.25, 0.3) is 0 Å². The van der Waals surface area contributed by atoms with Crippen molar-refractivity contribution >= 4 is 5.97 Å². The van der Waals surface area contributed by atoms with E-state index in [0.717, 1.165) is 24.2 Å². The Hall–Kier alpha value is -2.17. The summed E-state index contributed by atoms with van der Waals surface area (Å²) in [6, 6.07) is 9.59. The number of benzene rings is 1. The van der Waals surface area contributed by atoms with Crippen molar-refractivity contribution < 1.29 is 9.53 Å². The number of carbonyl (C=O) groups is 1. The molecule has 0 amide bonds. The highest BCUT2D eigenvalue weighted by Gasteiger charge is 2.18. The molecule has 1 heterocycles. The normalized spacial score (nSPS) is 10.9. The second-order valence-corrected chi connectivity index (χ2v) is 5.49. The summed E-state index contributed by atoms with van der Waals surface area (Å²) in [5.41, 5.74) is 2.01. The van der Waals surface area contributed by atoms with E-state index in [1.165, 1.54) is 0 Å². The van der Waals surface area contributed by atoms with Crippen LogP contribution in [0.1, 0.15) is 42.0 Å². The van der Waals surface area contributed by atoms with Crippen molar-refractivity contribution in [3.05, 3.63) is 47.3 Å². The highest BCUT2D eigenvalue weighted by molar-refractivity contribution is 5.88. The first kappa shape index (κ1) is 15.2. The van der Waals surface area contributed by atoms with Gasteiger partial charge >= 0.3 is 5.97 Å². The number of esters is 1. The highest BCUT2D eigenvalue weighted by atomic mass is 16.5. The van der Waals surface area contributed by atoms with E-state index in [1.54, 1.807) is 4.68 Å². The third-order valence-electron chi connectivity index (χ3n) is 3.31. The number of aromatic nitrogens is 3. The van der Waals surface area contributed by atoms with Gasteiger partial charge in [-0.1, -0.05) is 49.4 Å². The summed E-state index contributed by atoms with van der Waals surface area (Å²) in [5.74, 6) is 0.161. The van der Waals surface area contributed by atoms with Crippen molar-refractivity contribution in [2.24, 2.45) is 5.92 Å². The number of nitrogens with zero attached hydrogens (tertiary/aromatic N) is 3. The molecule has 1 aromatic carbocycles. The summed E-state index contributed by atoms with van der Waals surface area (Å²) in [5, 5.41) is 7.97. The molecule has 1 aromatic heterocycles. The maximum Gasteiger partial charge on any atom is 0.361 e. The van der Waals surface area contributed by atoms with Crippen LogP contribution in [0.5, 0.6) is 0 Å². The van der Waals surface area contributed by atoms with E-state index in [1.807, 2.05) is 37.3 Å². The Balaban J connectivity index is 1.96. The lowest BCUT2D eigenvalue weighted by Gasteiger charge is -2.06. The van der Waals surface area contributed by atoms with E-state index in [9.17, 15) is 4.79 Å². The number of rotatable bonds is 6. The summed E-state index contributed by atoms with van der Waals surface area (Å²) in [4.78, 5) is 12.1. The van der Waals surface area contributed by atoms with Gasteiger partial charge in [0, 0.05) is 6.54 Å². The van der Waals surface area contributed by atoms with Crippen LogP contribution in [0.2, 0.25) is 0 Å². The van der Waals surface area contributed by atoms with Gasteiger partial charge in [0.1, 0.15) is 6.61 Å². The van der Waals surface area contributed by atoms with Gasteiger partial charge in [-0.3, -0.25) is 0 Å². The molecule has 0 unspecified atom stereocenters. The zero-order chi connectivity index (χ0) is 15.2. The number of hydrogen-bond donors (Lipinski definition) is 0. The van der Waals surface area contributed by atoms with Crippen LogP contribution in [0.15, 0.2) is 30.3 Å². The third-order valence-corrected chi connectivity index (χ3v) is 3.31. The Morgan fingerprint density at radius 2 is 2.00 bits per heavy atom. The topological polar surface area (TPSA) is 57.0 Å². The molecule has 0 N–H and O–H groups in total. The van der Waals surface area contributed by atoms with Crippen LogP contribution in [-0.4, -0.2) is 21.0 Å². The summed E-state index contributed by atoms with van der Waals surface area (Å²) in [7, 11) is 0. The summed E-state index contributed by atoms with van der Waals surface area (Å²) >= 11 is 0. The molecule has 5 heteroatoms. The number of carbonyl (C=O) groups excluding carboxylic acids is 1. The first-order valence-electron chi connectivity index (χ1n) is 7.19. The van der Waals surface area contributed by atoms with E-state index in [-0.39, 0.29) is 6.61 Å². The predicted octanol–water partition coefficient (Wildman–Crippen LogP) is 2.99. The molecule has 0 saturated heterocycles. The standard InChI is InChI=1S/C16H21N3O2/c1-12(2)9-10-19-13(3)15(17-18-19)16(20)21-11-14-7-5-4-6-8-14/h4-8,12H,9-11H2,1-3H3. The summed E-state index contributed by atoms with van der Waals surface area (Å²) < 4.78 is 7.04. The van der Waals surface area contributed by atoms with Crippen LogP contribution < -0.4 is 0 Å². The van der Waals surface area contributed by atoms with Crippen LogP contribution in [0.25, 0.3) is 0 Å². The molecule has 2 aromatic rings. The minimum Gasteiger partial charge on any atom is -0.456 e. The van der Waals surface area contributed by atoms with E-state index < -0.39 is 5.97 Å². The molecule has 0 atom stereocenters. The number of aryl methyl sites for hydroxylation is 1. The highest BCUT2D eigenvalue weighted by Crippen LogP contribution is 2.10. The third kappa shape index (κ3) is 4.15. The molecule has 0 spiro atoms. The molecule has 2 rings (SSSR count). The molecule has 0 radical (unpaired) electrons. The first-order chi connectivity index (χ1) is 10.1. The lowest BCUT2D eigenvalue weighted by atomic mass is 10.1. The number of ether oxygens (including phenoxy) is 1. The molecular weight excluding hydrogens is 266 g/mol. The molecule has 0 aliphatic carbocycles. The minimum atomic E-state index is -0.424. The molecule has 21 heavy (non-hydrogen) atoms. The molecule has 0 saturated carbocycles. The smallest absolute Gasteiger partial charge is 0.361 e. The van der Waals surface area contributed by atoms with Crippen molar-refractivity contribution in [2.45, 2.75) is 40.3 Å². The fourth-order valence-electron chi connectivity index (χ4n) is 1.93. The van der Waals surface area contributed by atoms with Crippen LogP contribution in [0.4, 0.5) is 0 Å². The van der Waals surface area contributed by atoms with Crippen LogP contribution >= 0.6 is 0 Å². The fourth-order valence-corrected chi connectivity index (χ4v) is 1.93. The van der Waals surface area contributed by atoms with Gasteiger partial charge in [-0.2, -0.15) is 0 Å². The van der Waals surface area contributed by atoms with Gasteiger partial charge in [0.2, 0.25) is 0 Å². The Kier molecular flexibility index (Phi) is 5.09. The minimum absolute atomic E-state index is 0.248. The first-order valence-corrected chi connectivity index (χ1v) is 7.19. The van der Waals surface area contributed by atoms with Crippen molar-refractivity contribution in [1.29, 1.82) is 0 Å². The van der Waals surface area contributed by atoms with E-state index in [4.69, 9.17) is 4.74 Å². The average molecular weight is 287 g/mol. The van der Waals surface area contributed by atoms with E-state index >= 15 is 0 Å². The van der Waals surface area contributed by atoms with Crippen LogP contribution in [-0.2, 0) is 17.9 Å². The fraction of sp³-hybridized carbons (Fsp3) is 0.438. The van der Waals surface area contributed by atoms with Gasteiger partial charge in [0.15, 0.2) is 5.69 Å². The maximum absolute atomic E-state index is 12.1. The molecular formula is C16H21N3O2. The Bertz CT molecular complexity index is 591. The van der Waals surface area contributed by atoms with Crippen LogP contribution in [0.3, 0.4) is 0 Å². The number of hydrogen-bond acceptors (Lipinski definition) is 4. The van der Waals surface area contributed by atoms with Crippen LogP contribution in [0, 0.1) is 12.8 Å². The van der Waals surface area contributed by atoms with E-state index in [2.05, 4.69) is 24.2 Å². The zero-order valence-corrected chi connectivity index (χ0v) is 12.7. The lowest BCUT2D eigenvalue weighted by molar-refractivity contribution is 0.0464.